The Labute approximate surface area is 134 Å². The van der Waals surface area contributed by atoms with Gasteiger partial charge in [0, 0.05) is 19.6 Å². The first-order valence-electron chi connectivity index (χ1n) is 7.40. The van der Waals surface area contributed by atoms with Crippen LogP contribution >= 0.6 is 15.9 Å². The van der Waals surface area contributed by atoms with Crippen LogP contribution in [0.2, 0.25) is 0 Å². The summed E-state index contributed by atoms with van der Waals surface area (Å²) in [6.45, 7) is 1.57. The van der Waals surface area contributed by atoms with E-state index in [1.54, 1.807) is 7.11 Å². The summed E-state index contributed by atoms with van der Waals surface area (Å²) in [5.41, 5.74) is 1.12. The van der Waals surface area contributed by atoms with Crippen molar-refractivity contribution in [1.82, 2.24) is 5.32 Å². The molecule has 116 valence electrons. The van der Waals surface area contributed by atoms with Gasteiger partial charge in [-0.3, -0.25) is 4.79 Å². The van der Waals surface area contributed by atoms with Crippen LogP contribution in [-0.4, -0.2) is 32.3 Å². The first-order chi connectivity index (χ1) is 10.2. The fraction of sp³-hybridized carbons (Fsp3) is 0.562. The second-order valence-corrected chi connectivity index (χ2v) is 6.10. The van der Waals surface area contributed by atoms with Crippen LogP contribution in [0.1, 0.15) is 31.2 Å². The summed E-state index contributed by atoms with van der Waals surface area (Å²) in [6, 6.07) is 5.90. The maximum Gasteiger partial charge on any atom is 0.220 e. The van der Waals surface area contributed by atoms with Gasteiger partial charge >= 0.3 is 0 Å². The van der Waals surface area contributed by atoms with Gasteiger partial charge in [0.2, 0.25) is 5.91 Å². The van der Waals surface area contributed by atoms with Gasteiger partial charge in [-0.2, -0.15) is 0 Å². The largest absolute Gasteiger partial charge is 0.496 e. The number of hydrogen-bond donors (Lipinski definition) is 1. The van der Waals surface area contributed by atoms with Crippen molar-refractivity contribution in [1.29, 1.82) is 0 Å². The molecule has 0 saturated carbocycles. The molecule has 1 saturated heterocycles. The quantitative estimate of drug-likeness (QED) is 0.817. The molecule has 0 aromatic heterocycles. The SMILES string of the molecule is COc1ccc(CCC(=O)NCC[C@@H]2CCCO2)cc1Br. The van der Waals surface area contributed by atoms with Crippen LogP contribution in [-0.2, 0) is 16.0 Å². The van der Waals surface area contributed by atoms with Crippen LogP contribution in [0.5, 0.6) is 5.75 Å². The molecule has 0 radical (unpaired) electrons. The average Bonchev–Trinajstić information content (AvgIpc) is 2.98. The molecule has 4 nitrogen and oxygen atoms in total. The lowest BCUT2D eigenvalue weighted by Crippen LogP contribution is -2.27. The Bertz CT molecular complexity index is 473. The van der Waals surface area contributed by atoms with E-state index in [2.05, 4.69) is 21.2 Å². The first-order valence-corrected chi connectivity index (χ1v) is 8.19. The minimum Gasteiger partial charge on any atom is -0.496 e. The van der Waals surface area contributed by atoms with E-state index < -0.39 is 0 Å². The molecule has 1 aliphatic rings. The summed E-state index contributed by atoms with van der Waals surface area (Å²) in [4.78, 5) is 11.8. The van der Waals surface area contributed by atoms with Crippen molar-refractivity contribution >= 4 is 21.8 Å². The van der Waals surface area contributed by atoms with Crippen LogP contribution in [0.25, 0.3) is 0 Å². The number of halogens is 1. The van der Waals surface area contributed by atoms with Gasteiger partial charge in [0.1, 0.15) is 5.75 Å². The summed E-state index contributed by atoms with van der Waals surface area (Å²) in [6.07, 6.45) is 4.75. The van der Waals surface area contributed by atoms with Crippen molar-refractivity contribution in [2.45, 2.75) is 38.2 Å². The van der Waals surface area contributed by atoms with E-state index in [9.17, 15) is 4.79 Å². The lowest BCUT2D eigenvalue weighted by molar-refractivity contribution is -0.121. The Morgan fingerprint density at radius 2 is 2.38 bits per heavy atom. The molecular formula is C16H22BrNO3. The number of carbonyl (C=O) groups is 1. The van der Waals surface area contributed by atoms with Crippen molar-refractivity contribution < 1.29 is 14.3 Å². The molecule has 1 fully saturated rings. The van der Waals surface area contributed by atoms with Gasteiger partial charge in [-0.1, -0.05) is 6.07 Å². The second kappa shape index (κ2) is 8.39. The number of carbonyl (C=O) groups excluding carboxylic acids is 1. The molecule has 2 rings (SSSR count). The van der Waals surface area contributed by atoms with E-state index in [4.69, 9.17) is 9.47 Å². The standard InChI is InChI=1S/C16H22BrNO3/c1-20-15-6-4-12(11-14(15)17)5-7-16(19)18-9-8-13-3-2-10-21-13/h4,6,11,13H,2-3,5,7-10H2,1H3,(H,18,19)/t13-/m0/s1. The first kappa shape index (κ1) is 16.3. The highest BCUT2D eigenvalue weighted by Crippen LogP contribution is 2.25. The average molecular weight is 356 g/mol. The number of rotatable bonds is 7. The molecule has 1 atom stereocenters. The van der Waals surface area contributed by atoms with Gasteiger partial charge in [0.15, 0.2) is 0 Å². The van der Waals surface area contributed by atoms with Crippen molar-refractivity contribution in [2.24, 2.45) is 0 Å². The normalized spacial score (nSPS) is 17.7. The van der Waals surface area contributed by atoms with Crippen LogP contribution in [0.15, 0.2) is 22.7 Å². The number of hydrogen-bond acceptors (Lipinski definition) is 3. The molecule has 1 aromatic rings. The van der Waals surface area contributed by atoms with Crippen molar-refractivity contribution in [2.75, 3.05) is 20.3 Å². The zero-order valence-corrected chi connectivity index (χ0v) is 13.9. The number of methoxy groups -OCH3 is 1. The number of nitrogens with one attached hydrogen (secondary N) is 1. The highest BCUT2D eigenvalue weighted by molar-refractivity contribution is 9.10. The number of benzene rings is 1. The zero-order valence-electron chi connectivity index (χ0n) is 12.4. The highest BCUT2D eigenvalue weighted by atomic mass is 79.9. The van der Waals surface area contributed by atoms with Crippen LogP contribution in [0.4, 0.5) is 0 Å². The Balaban J connectivity index is 1.67. The number of amides is 1. The van der Waals surface area contributed by atoms with Crippen molar-refractivity contribution in [3.05, 3.63) is 28.2 Å². The molecule has 0 spiro atoms. The minimum atomic E-state index is 0.0972. The predicted molar refractivity (Wildman–Crippen MR) is 85.6 cm³/mol. The Morgan fingerprint density at radius 1 is 1.52 bits per heavy atom. The third kappa shape index (κ3) is 5.32. The van der Waals surface area contributed by atoms with E-state index in [-0.39, 0.29) is 5.91 Å². The van der Waals surface area contributed by atoms with Gasteiger partial charge in [0.05, 0.1) is 17.7 Å². The maximum absolute atomic E-state index is 11.8. The molecule has 5 heteroatoms. The van der Waals surface area contributed by atoms with Gasteiger partial charge in [-0.05, 0) is 59.3 Å². The zero-order chi connectivity index (χ0) is 15.1. The summed E-state index contributed by atoms with van der Waals surface area (Å²) >= 11 is 3.45. The van der Waals surface area contributed by atoms with Crippen LogP contribution < -0.4 is 10.1 Å². The van der Waals surface area contributed by atoms with Gasteiger partial charge < -0.3 is 14.8 Å². The third-order valence-corrected chi connectivity index (χ3v) is 4.29. The van der Waals surface area contributed by atoms with Crippen LogP contribution in [0.3, 0.4) is 0 Å². The molecule has 1 N–H and O–H groups in total. The molecule has 0 bridgehead atoms. The van der Waals surface area contributed by atoms with Gasteiger partial charge in [-0.25, -0.2) is 0 Å². The molecule has 1 aliphatic heterocycles. The van der Waals surface area contributed by atoms with E-state index in [0.29, 0.717) is 19.1 Å². The van der Waals surface area contributed by atoms with E-state index in [1.165, 1.54) is 0 Å². The topological polar surface area (TPSA) is 47.6 Å². The molecular weight excluding hydrogens is 334 g/mol. The van der Waals surface area contributed by atoms with Crippen LogP contribution in [0, 0.1) is 0 Å². The molecule has 1 heterocycles. The minimum absolute atomic E-state index is 0.0972. The van der Waals surface area contributed by atoms with Gasteiger partial charge in [-0.15, -0.1) is 0 Å². The molecule has 1 aromatic carbocycles. The van der Waals surface area contributed by atoms with E-state index >= 15 is 0 Å². The highest BCUT2D eigenvalue weighted by Gasteiger charge is 2.15. The van der Waals surface area contributed by atoms with Gasteiger partial charge in [0.25, 0.3) is 0 Å². The Hall–Kier alpha value is -1.07. The molecule has 1 amide bonds. The van der Waals surface area contributed by atoms with E-state index in [0.717, 1.165) is 48.1 Å². The fourth-order valence-corrected chi connectivity index (χ4v) is 3.04. The summed E-state index contributed by atoms with van der Waals surface area (Å²) < 4.78 is 11.6. The molecule has 21 heavy (non-hydrogen) atoms. The number of ether oxygens (including phenoxy) is 2. The summed E-state index contributed by atoms with van der Waals surface area (Å²) in [7, 11) is 1.64. The number of aryl methyl sites for hydroxylation is 1. The van der Waals surface area contributed by atoms with Crippen molar-refractivity contribution in [3.63, 3.8) is 0 Å². The molecule has 0 unspecified atom stereocenters. The fourth-order valence-electron chi connectivity index (χ4n) is 2.46. The summed E-state index contributed by atoms with van der Waals surface area (Å²) in [5.74, 6) is 0.903. The van der Waals surface area contributed by atoms with Crippen molar-refractivity contribution in [3.8, 4) is 5.75 Å². The lowest BCUT2D eigenvalue weighted by atomic mass is 10.1. The second-order valence-electron chi connectivity index (χ2n) is 5.24. The maximum atomic E-state index is 11.8. The monoisotopic (exact) mass is 355 g/mol. The smallest absolute Gasteiger partial charge is 0.220 e. The Kier molecular flexibility index (Phi) is 6.51. The molecule has 0 aliphatic carbocycles. The Morgan fingerprint density at radius 3 is 3.05 bits per heavy atom. The third-order valence-electron chi connectivity index (χ3n) is 3.67. The predicted octanol–water partition coefficient (Wildman–Crippen LogP) is 3.08. The lowest BCUT2D eigenvalue weighted by Gasteiger charge is -2.10. The van der Waals surface area contributed by atoms with E-state index in [1.807, 2.05) is 18.2 Å². The summed E-state index contributed by atoms with van der Waals surface area (Å²) in [5, 5.41) is 2.96.